The number of aliphatic hydroxyl groups excluding tert-OH is 1. The maximum atomic E-state index is 12.5. The van der Waals surface area contributed by atoms with Gasteiger partial charge in [-0.05, 0) is 6.07 Å². The number of pyridine rings is 1. The Hall–Kier alpha value is -2.79. The summed E-state index contributed by atoms with van der Waals surface area (Å²) in [5, 5.41) is 13.3. The lowest BCUT2D eigenvalue weighted by molar-refractivity contribution is -0.140. The van der Waals surface area contributed by atoms with Gasteiger partial charge in [-0.2, -0.15) is 13.2 Å². The number of halogens is 3. The molecule has 25 heavy (non-hydrogen) atoms. The molecule has 130 valence electrons. The number of hydrogen-bond donors (Lipinski definition) is 2. The van der Waals surface area contributed by atoms with Crippen molar-refractivity contribution in [1.29, 1.82) is 0 Å². The molecule has 0 aliphatic carbocycles. The van der Waals surface area contributed by atoms with E-state index in [9.17, 15) is 18.3 Å². The summed E-state index contributed by atoms with van der Waals surface area (Å²) >= 11 is 0.728. The molecule has 0 bridgehead atoms. The number of rotatable bonds is 5. The minimum absolute atomic E-state index is 0.0793. The van der Waals surface area contributed by atoms with Crippen molar-refractivity contribution in [2.24, 2.45) is 0 Å². The second-order valence-corrected chi connectivity index (χ2v) is 5.53. The molecule has 0 aliphatic heterocycles. The molecule has 0 spiro atoms. The van der Waals surface area contributed by atoms with E-state index < -0.39 is 18.1 Å². The summed E-state index contributed by atoms with van der Waals surface area (Å²) in [5.41, 5.74) is -0.876. The van der Waals surface area contributed by atoms with E-state index in [1.165, 1.54) is 31.0 Å². The molecule has 0 aliphatic rings. The van der Waals surface area contributed by atoms with Crippen LogP contribution in [0.4, 0.5) is 18.3 Å². The molecule has 1 unspecified atom stereocenters. The average molecular weight is 369 g/mol. The largest absolute Gasteiger partial charge is 0.454 e. The molecule has 7 nitrogen and oxygen atoms in total. The van der Waals surface area contributed by atoms with Crippen LogP contribution in [0.5, 0.6) is 11.5 Å². The molecular weight excluding hydrogens is 359 g/mol. The first-order valence-electron chi connectivity index (χ1n) is 6.78. The fourth-order valence-electron chi connectivity index (χ4n) is 1.78. The quantitative estimate of drug-likeness (QED) is 0.667. The van der Waals surface area contributed by atoms with Gasteiger partial charge >= 0.3 is 6.18 Å². The highest BCUT2D eigenvalue weighted by Crippen LogP contribution is 2.32. The Labute approximate surface area is 143 Å². The summed E-state index contributed by atoms with van der Waals surface area (Å²) in [5.74, 6) is 0.743. The number of aromatic nitrogens is 4. The van der Waals surface area contributed by atoms with E-state index in [0.29, 0.717) is 11.5 Å². The van der Waals surface area contributed by atoms with E-state index in [2.05, 4.69) is 25.3 Å². The smallest absolute Gasteiger partial charge is 0.434 e. The number of ether oxygens (including phenoxy) is 1. The van der Waals surface area contributed by atoms with Gasteiger partial charge in [-0.15, -0.1) is 11.3 Å². The molecule has 0 fully saturated rings. The van der Waals surface area contributed by atoms with Crippen LogP contribution in [-0.4, -0.2) is 25.0 Å². The number of nitrogens with one attached hydrogen (secondary N) is 1. The maximum Gasteiger partial charge on any atom is 0.434 e. The summed E-state index contributed by atoms with van der Waals surface area (Å²) < 4.78 is 43.1. The van der Waals surface area contributed by atoms with Gasteiger partial charge in [0.05, 0.1) is 18.1 Å². The zero-order chi connectivity index (χ0) is 17.9. The zero-order valence-electron chi connectivity index (χ0n) is 12.3. The number of alkyl halides is 3. The number of aliphatic hydroxyl groups is 1. The van der Waals surface area contributed by atoms with Crippen LogP contribution in [0.1, 0.15) is 17.6 Å². The van der Waals surface area contributed by atoms with E-state index in [-0.39, 0.29) is 10.8 Å². The van der Waals surface area contributed by atoms with Gasteiger partial charge in [0.15, 0.2) is 22.8 Å². The van der Waals surface area contributed by atoms with Crippen molar-refractivity contribution in [2.75, 3.05) is 5.32 Å². The van der Waals surface area contributed by atoms with Gasteiger partial charge in [0, 0.05) is 17.6 Å². The zero-order valence-corrected chi connectivity index (χ0v) is 13.1. The molecule has 3 heterocycles. The molecule has 3 aromatic heterocycles. The summed E-state index contributed by atoms with van der Waals surface area (Å²) in [6, 6.07) is 2.98. The molecule has 0 amide bonds. The molecule has 0 aromatic carbocycles. The molecule has 11 heteroatoms. The molecule has 1 atom stereocenters. The van der Waals surface area contributed by atoms with Crippen LogP contribution in [0.2, 0.25) is 0 Å². The van der Waals surface area contributed by atoms with Crippen LogP contribution in [0, 0.1) is 0 Å². The Balaban J connectivity index is 1.71. The van der Waals surface area contributed by atoms with Gasteiger partial charge in [0.25, 0.3) is 0 Å². The van der Waals surface area contributed by atoms with E-state index in [0.717, 1.165) is 16.7 Å². The Morgan fingerprint density at radius 2 is 1.96 bits per heavy atom. The lowest BCUT2D eigenvalue weighted by Gasteiger charge is -2.12. The van der Waals surface area contributed by atoms with Gasteiger partial charge in [-0.25, -0.2) is 15.0 Å². The van der Waals surface area contributed by atoms with Gasteiger partial charge in [-0.1, -0.05) is 0 Å². The van der Waals surface area contributed by atoms with E-state index in [1.807, 2.05) is 0 Å². The predicted octanol–water partition coefficient (Wildman–Crippen LogP) is 3.24. The van der Waals surface area contributed by atoms with E-state index in [1.54, 1.807) is 6.07 Å². The summed E-state index contributed by atoms with van der Waals surface area (Å²) in [4.78, 5) is 15.0. The highest BCUT2D eigenvalue weighted by atomic mass is 32.1. The molecular formula is C14H10F3N5O2S. The minimum atomic E-state index is -4.54. The summed E-state index contributed by atoms with van der Waals surface area (Å²) in [6.07, 6.45) is -0.246. The van der Waals surface area contributed by atoms with Gasteiger partial charge < -0.3 is 15.2 Å². The minimum Gasteiger partial charge on any atom is -0.454 e. The highest BCUT2D eigenvalue weighted by molar-refractivity contribution is 7.13. The van der Waals surface area contributed by atoms with Gasteiger partial charge in [0.2, 0.25) is 0 Å². The molecule has 0 saturated heterocycles. The van der Waals surface area contributed by atoms with Crippen molar-refractivity contribution < 1.29 is 23.0 Å². The predicted molar refractivity (Wildman–Crippen MR) is 82.0 cm³/mol. The monoisotopic (exact) mass is 369 g/mol. The second kappa shape index (κ2) is 6.99. The van der Waals surface area contributed by atoms with Crippen molar-refractivity contribution in [3.05, 3.63) is 53.8 Å². The van der Waals surface area contributed by atoms with Crippen molar-refractivity contribution >= 4 is 16.5 Å². The van der Waals surface area contributed by atoms with Crippen LogP contribution >= 0.6 is 11.3 Å². The Morgan fingerprint density at radius 1 is 1.20 bits per heavy atom. The Morgan fingerprint density at radius 3 is 2.64 bits per heavy atom. The third kappa shape index (κ3) is 4.39. The molecule has 3 aromatic rings. The average Bonchev–Trinajstić information content (AvgIpc) is 3.05. The van der Waals surface area contributed by atoms with Crippen LogP contribution < -0.4 is 10.1 Å². The van der Waals surface area contributed by atoms with Crippen molar-refractivity contribution in [3.8, 4) is 11.5 Å². The topological polar surface area (TPSA) is 93.0 Å². The van der Waals surface area contributed by atoms with Gasteiger partial charge in [0.1, 0.15) is 12.1 Å². The summed E-state index contributed by atoms with van der Waals surface area (Å²) in [6.45, 7) is 0. The first-order chi connectivity index (χ1) is 11.9. The van der Waals surface area contributed by atoms with Crippen LogP contribution in [0.3, 0.4) is 0 Å². The fourth-order valence-corrected chi connectivity index (χ4v) is 2.52. The lowest BCUT2D eigenvalue weighted by Crippen LogP contribution is -2.12. The number of thiazole rings is 1. The number of nitrogens with zero attached hydrogens (tertiary/aromatic N) is 4. The molecule has 2 N–H and O–H groups in total. The van der Waals surface area contributed by atoms with E-state index in [4.69, 9.17) is 4.74 Å². The third-order valence-electron chi connectivity index (χ3n) is 2.86. The summed E-state index contributed by atoms with van der Waals surface area (Å²) in [7, 11) is 0. The lowest BCUT2D eigenvalue weighted by atomic mass is 10.3. The van der Waals surface area contributed by atoms with Crippen LogP contribution in [0.15, 0.2) is 42.4 Å². The van der Waals surface area contributed by atoms with Crippen LogP contribution in [-0.2, 0) is 6.18 Å². The van der Waals surface area contributed by atoms with Crippen molar-refractivity contribution in [2.45, 2.75) is 12.4 Å². The SMILES string of the molecule is OC(Nc1nc(C(F)(F)F)cs1)c1cc(Oc2cncnc2)ccn1. The molecule has 0 radical (unpaired) electrons. The Bertz CT molecular complexity index is 844. The third-order valence-corrected chi connectivity index (χ3v) is 3.63. The molecule has 0 saturated carbocycles. The number of hydrogen-bond acceptors (Lipinski definition) is 8. The maximum absolute atomic E-state index is 12.5. The highest BCUT2D eigenvalue weighted by Gasteiger charge is 2.34. The second-order valence-electron chi connectivity index (χ2n) is 4.68. The van der Waals surface area contributed by atoms with Gasteiger partial charge in [-0.3, -0.25) is 4.98 Å². The number of anilines is 1. The first kappa shape index (κ1) is 17.0. The van der Waals surface area contributed by atoms with Crippen molar-refractivity contribution in [3.63, 3.8) is 0 Å². The fraction of sp³-hybridized carbons (Fsp3) is 0.143. The first-order valence-corrected chi connectivity index (χ1v) is 7.66. The van der Waals surface area contributed by atoms with Crippen LogP contribution in [0.25, 0.3) is 0 Å². The van der Waals surface area contributed by atoms with E-state index >= 15 is 0 Å². The normalized spacial score (nSPS) is 12.6. The standard InChI is InChI=1S/C14H10F3N5O2S/c15-14(16,17)11-6-25-13(21-11)22-12(23)10-3-8(1-2-20-10)24-9-4-18-7-19-5-9/h1-7,12,23H,(H,21,22). The Kier molecular flexibility index (Phi) is 4.76. The molecule has 3 rings (SSSR count). The van der Waals surface area contributed by atoms with Crippen molar-refractivity contribution in [1.82, 2.24) is 19.9 Å².